The van der Waals surface area contributed by atoms with Crippen molar-refractivity contribution < 1.29 is 0 Å². The van der Waals surface area contributed by atoms with Crippen LogP contribution in [-0.2, 0) is 6.42 Å². The number of hydrogen-bond acceptors (Lipinski definition) is 3. The van der Waals surface area contributed by atoms with Gasteiger partial charge in [0.1, 0.15) is 5.54 Å². The molecule has 2 rings (SSSR count). The lowest BCUT2D eigenvalue weighted by Crippen LogP contribution is -2.65. The maximum Gasteiger partial charge on any atom is 0.110 e. The summed E-state index contributed by atoms with van der Waals surface area (Å²) in [6.45, 7) is 3.96. The Balaban J connectivity index is 2.04. The summed E-state index contributed by atoms with van der Waals surface area (Å²) >= 11 is 0. The first kappa shape index (κ1) is 12.1. The Bertz CT molecular complexity index is 403. The molecule has 1 aliphatic heterocycles. The summed E-state index contributed by atoms with van der Waals surface area (Å²) in [4.78, 5) is 2.25. The van der Waals surface area contributed by atoms with Gasteiger partial charge in [-0.1, -0.05) is 30.3 Å². The van der Waals surface area contributed by atoms with Crippen molar-refractivity contribution in [3.8, 4) is 6.07 Å². The number of likely N-dealkylation sites (tertiary alicyclic amines) is 1. The standard InChI is InChI=1S/C14H19N3/c1-14(11-15,17-9-13(10-17)16-2)8-12-6-4-3-5-7-12/h3-7,13,16H,8-10H2,1-2H3/t14-/m0/s1. The fourth-order valence-corrected chi connectivity index (χ4v) is 2.28. The van der Waals surface area contributed by atoms with E-state index in [0.717, 1.165) is 19.5 Å². The first-order valence-corrected chi connectivity index (χ1v) is 6.05. The van der Waals surface area contributed by atoms with E-state index in [-0.39, 0.29) is 5.54 Å². The second-order valence-electron chi connectivity index (χ2n) is 4.94. The molecule has 3 nitrogen and oxygen atoms in total. The Labute approximate surface area is 103 Å². The van der Waals surface area contributed by atoms with Crippen LogP contribution in [-0.4, -0.2) is 36.6 Å². The summed E-state index contributed by atoms with van der Waals surface area (Å²) < 4.78 is 0. The maximum atomic E-state index is 9.43. The van der Waals surface area contributed by atoms with E-state index in [1.54, 1.807) is 0 Å². The third-order valence-corrected chi connectivity index (χ3v) is 3.62. The summed E-state index contributed by atoms with van der Waals surface area (Å²) in [6, 6.07) is 13.3. The zero-order valence-electron chi connectivity index (χ0n) is 10.5. The molecule has 1 atom stereocenters. The van der Waals surface area contributed by atoms with Crippen LogP contribution in [0.1, 0.15) is 12.5 Å². The van der Waals surface area contributed by atoms with Gasteiger partial charge in [0.05, 0.1) is 6.07 Å². The molecule has 0 aromatic heterocycles. The number of nitriles is 1. The average Bonchev–Trinajstić information content (AvgIpc) is 2.29. The van der Waals surface area contributed by atoms with E-state index in [9.17, 15) is 5.26 Å². The second kappa shape index (κ2) is 4.87. The van der Waals surface area contributed by atoms with Gasteiger partial charge in [0, 0.05) is 25.6 Å². The van der Waals surface area contributed by atoms with Crippen LogP contribution < -0.4 is 5.32 Å². The fourth-order valence-electron chi connectivity index (χ4n) is 2.28. The smallest absolute Gasteiger partial charge is 0.110 e. The molecule has 0 saturated carbocycles. The number of likely N-dealkylation sites (N-methyl/N-ethyl adjacent to an activating group) is 1. The molecule has 0 amide bonds. The van der Waals surface area contributed by atoms with E-state index in [2.05, 4.69) is 28.4 Å². The highest BCUT2D eigenvalue weighted by Crippen LogP contribution is 2.25. The molecule has 1 saturated heterocycles. The molecule has 0 spiro atoms. The van der Waals surface area contributed by atoms with E-state index in [0.29, 0.717) is 6.04 Å². The highest BCUT2D eigenvalue weighted by atomic mass is 15.3. The Kier molecular flexibility index (Phi) is 3.46. The number of nitrogens with one attached hydrogen (secondary N) is 1. The Morgan fingerprint density at radius 2 is 2.06 bits per heavy atom. The lowest BCUT2D eigenvalue weighted by Gasteiger charge is -2.47. The monoisotopic (exact) mass is 229 g/mol. The highest BCUT2D eigenvalue weighted by molar-refractivity contribution is 5.22. The normalized spacial score (nSPS) is 20.3. The number of rotatable bonds is 4. The van der Waals surface area contributed by atoms with Crippen molar-refractivity contribution in [2.45, 2.75) is 24.9 Å². The van der Waals surface area contributed by atoms with Crippen molar-refractivity contribution in [2.24, 2.45) is 0 Å². The number of nitrogens with zero attached hydrogens (tertiary/aromatic N) is 2. The van der Waals surface area contributed by atoms with Gasteiger partial charge in [-0.25, -0.2) is 0 Å². The molecule has 17 heavy (non-hydrogen) atoms. The minimum atomic E-state index is -0.380. The maximum absolute atomic E-state index is 9.43. The van der Waals surface area contributed by atoms with E-state index >= 15 is 0 Å². The molecule has 0 radical (unpaired) electrons. The summed E-state index contributed by atoms with van der Waals surface area (Å²) in [5.74, 6) is 0. The highest BCUT2D eigenvalue weighted by Gasteiger charge is 2.40. The van der Waals surface area contributed by atoms with Crippen LogP contribution in [0.4, 0.5) is 0 Å². The Morgan fingerprint density at radius 3 is 2.59 bits per heavy atom. The zero-order chi connectivity index (χ0) is 12.3. The van der Waals surface area contributed by atoms with E-state index < -0.39 is 0 Å². The topological polar surface area (TPSA) is 39.1 Å². The van der Waals surface area contributed by atoms with Gasteiger partial charge in [0.25, 0.3) is 0 Å². The van der Waals surface area contributed by atoms with Crippen molar-refractivity contribution in [3.63, 3.8) is 0 Å². The van der Waals surface area contributed by atoms with Gasteiger partial charge in [-0.3, -0.25) is 4.90 Å². The van der Waals surface area contributed by atoms with Crippen LogP contribution in [0.2, 0.25) is 0 Å². The molecule has 1 aromatic rings. The van der Waals surface area contributed by atoms with E-state index in [1.165, 1.54) is 5.56 Å². The van der Waals surface area contributed by atoms with Gasteiger partial charge in [0.15, 0.2) is 0 Å². The molecule has 1 N–H and O–H groups in total. The lowest BCUT2D eigenvalue weighted by molar-refractivity contribution is 0.0489. The largest absolute Gasteiger partial charge is 0.315 e. The van der Waals surface area contributed by atoms with E-state index in [4.69, 9.17) is 0 Å². The van der Waals surface area contributed by atoms with E-state index in [1.807, 2.05) is 32.2 Å². The first-order chi connectivity index (χ1) is 8.18. The first-order valence-electron chi connectivity index (χ1n) is 6.05. The van der Waals surface area contributed by atoms with Crippen LogP contribution in [0, 0.1) is 11.3 Å². The SMILES string of the molecule is CNC1CN([C@](C)(C#N)Cc2ccccc2)C1. The minimum absolute atomic E-state index is 0.380. The molecular formula is C14H19N3. The van der Waals surface area contributed by atoms with Gasteiger partial charge in [-0.05, 0) is 19.5 Å². The van der Waals surface area contributed by atoms with Crippen LogP contribution in [0.15, 0.2) is 30.3 Å². The molecule has 90 valence electrons. The van der Waals surface area contributed by atoms with Crippen LogP contribution in [0.25, 0.3) is 0 Å². The Hall–Kier alpha value is -1.37. The molecule has 0 aliphatic carbocycles. The van der Waals surface area contributed by atoms with Crippen molar-refractivity contribution >= 4 is 0 Å². The minimum Gasteiger partial charge on any atom is -0.315 e. The summed E-state index contributed by atoms with van der Waals surface area (Å²) in [5, 5.41) is 12.7. The zero-order valence-corrected chi connectivity index (χ0v) is 10.5. The average molecular weight is 229 g/mol. The molecular weight excluding hydrogens is 210 g/mol. The van der Waals surface area contributed by atoms with Crippen LogP contribution in [0.5, 0.6) is 0 Å². The second-order valence-corrected chi connectivity index (χ2v) is 4.94. The molecule has 1 fully saturated rings. The predicted molar refractivity (Wildman–Crippen MR) is 68.6 cm³/mol. The van der Waals surface area contributed by atoms with Crippen LogP contribution in [0.3, 0.4) is 0 Å². The van der Waals surface area contributed by atoms with Gasteiger partial charge in [-0.2, -0.15) is 5.26 Å². The molecule has 0 bridgehead atoms. The van der Waals surface area contributed by atoms with Crippen molar-refractivity contribution in [3.05, 3.63) is 35.9 Å². The molecule has 1 heterocycles. The van der Waals surface area contributed by atoms with Gasteiger partial charge >= 0.3 is 0 Å². The fraction of sp³-hybridized carbons (Fsp3) is 0.500. The molecule has 1 aliphatic rings. The number of benzene rings is 1. The number of hydrogen-bond donors (Lipinski definition) is 1. The molecule has 0 unspecified atom stereocenters. The van der Waals surface area contributed by atoms with Crippen molar-refractivity contribution in [1.29, 1.82) is 5.26 Å². The van der Waals surface area contributed by atoms with Crippen molar-refractivity contribution in [2.75, 3.05) is 20.1 Å². The summed E-state index contributed by atoms with van der Waals surface area (Å²) in [6.07, 6.45) is 0.792. The quantitative estimate of drug-likeness (QED) is 0.848. The predicted octanol–water partition coefficient (Wildman–Crippen LogP) is 1.41. The third-order valence-electron chi connectivity index (χ3n) is 3.62. The summed E-state index contributed by atoms with van der Waals surface area (Å²) in [5.41, 5.74) is 0.846. The van der Waals surface area contributed by atoms with Crippen LogP contribution >= 0.6 is 0 Å². The Morgan fingerprint density at radius 1 is 1.41 bits per heavy atom. The summed E-state index contributed by atoms with van der Waals surface area (Å²) in [7, 11) is 1.98. The van der Waals surface area contributed by atoms with Gasteiger partial charge < -0.3 is 5.32 Å². The lowest BCUT2D eigenvalue weighted by atomic mass is 9.88. The molecule has 1 aromatic carbocycles. The van der Waals surface area contributed by atoms with Crippen molar-refractivity contribution in [1.82, 2.24) is 10.2 Å². The van der Waals surface area contributed by atoms with Gasteiger partial charge in [-0.15, -0.1) is 0 Å². The van der Waals surface area contributed by atoms with Gasteiger partial charge in [0.2, 0.25) is 0 Å². The molecule has 3 heteroatoms. The third kappa shape index (κ3) is 2.49.